The lowest BCUT2D eigenvalue weighted by molar-refractivity contribution is -0.317. The molecule has 0 saturated heterocycles. The van der Waals surface area contributed by atoms with Crippen molar-refractivity contribution in [2.24, 2.45) is 11.0 Å². The van der Waals surface area contributed by atoms with Gasteiger partial charge in [0, 0.05) is 10.2 Å². The number of hydrogen-bond acceptors (Lipinski definition) is 4. The molecule has 2 atom stereocenters. The summed E-state index contributed by atoms with van der Waals surface area (Å²) in [5.41, 5.74) is -3.08. The Labute approximate surface area is 150 Å². The summed E-state index contributed by atoms with van der Waals surface area (Å²) in [6.45, 7) is -0.649. The highest BCUT2D eigenvalue weighted by molar-refractivity contribution is 9.10. The molecule has 0 spiro atoms. The Bertz CT molecular complexity index is 693. The molecule has 1 aliphatic heterocycles. The number of carbonyl (C=O) groups is 1. The number of nitrogens with zero attached hydrogens (tertiary/aromatic N) is 2. The summed E-state index contributed by atoms with van der Waals surface area (Å²) in [6.07, 6.45) is -3.26. The molecule has 0 radical (unpaired) electrons. The van der Waals surface area contributed by atoms with Crippen LogP contribution in [0.1, 0.15) is 25.7 Å². The lowest BCUT2D eigenvalue weighted by atomic mass is 9.80. The second-order valence-electron chi connectivity index (χ2n) is 6.06. The molecule has 3 rings (SSSR count). The summed E-state index contributed by atoms with van der Waals surface area (Å²) in [7, 11) is 0. The number of hydrogen-bond donors (Lipinski definition) is 1. The fourth-order valence-corrected chi connectivity index (χ4v) is 3.47. The van der Waals surface area contributed by atoms with Gasteiger partial charge in [-0.1, -0.05) is 22.4 Å². The fraction of sp³-hybridized carbons (Fsp3) is 0.500. The number of alkyl halides is 3. The summed E-state index contributed by atoms with van der Waals surface area (Å²) in [6, 6.07) is 6.50. The van der Waals surface area contributed by atoms with Gasteiger partial charge in [0.2, 0.25) is 0 Å². The molecule has 1 amide bonds. The van der Waals surface area contributed by atoms with Crippen molar-refractivity contribution in [1.82, 2.24) is 5.01 Å². The molecule has 1 N–H and O–H groups in total. The molecular formula is C16H16BrF3N2O3. The van der Waals surface area contributed by atoms with Gasteiger partial charge in [0.25, 0.3) is 11.6 Å². The highest BCUT2D eigenvalue weighted by Gasteiger charge is 2.68. The van der Waals surface area contributed by atoms with Crippen LogP contribution in [0.3, 0.4) is 0 Å². The number of ether oxygens (including phenoxy) is 1. The van der Waals surface area contributed by atoms with Crippen LogP contribution in [0, 0.1) is 5.92 Å². The zero-order valence-corrected chi connectivity index (χ0v) is 14.7. The third-order valence-electron chi connectivity index (χ3n) is 4.44. The average molecular weight is 421 g/mol. The Morgan fingerprint density at radius 3 is 2.68 bits per heavy atom. The molecule has 0 aromatic heterocycles. The summed E-state index contributed by atoms with van der Waals surface area (Å²) < 4.78 is 46.7. The van der Waals surface area contributed by atoms with E-state index in [1.807, 2.05) is 0 Å². The molecule has 1 aromatic carbocycles. The third kappa shape index (κ3) is 3.27. The molecule has 9 heteroatoms. The lowest BCUT2D eigenvalue weighted by Crippen LogP contribution is -2.62. The molecule has 2 aliphatic rings. The minimum absolute atomic E-state index is 0.145. The monoisotopic (exact) mass is 420 g/mol. The Kier molecular flexibility index (Phi) is 4.80. The van der Waals surface area contributed by atoms with Gasteiger partial charge in [0.1, 0.15) is 5.75 Å². The fourth-order valence-electron chi connectivity index (χ4n) is 3.20. The van der Waals surface area contributed by atoms with Gasteiger partial charge < -0.3 is 9.84 Å². The van der Waals surface area contributed by atoms with Crippen molar-refractivity contribution >= 4 is 27.5 Å². The van der Waals surface area contributed by atoms with Crippen molar-refractivity contribution < 1.29 is 27.8 Å². The molecule has 5 nitrogen and oxygen atoms in total. The van der Waals surface area contributed by atoms with Crippen molar-refractivity contribution in [2.75, 3.05) is 6.61 Å². The maximum atomic E-state index is 13.6. The smallest absolute Gasteiger partial charge is 0.439 e. The average Bonchev–Trinajstić information content (AvgIpc) is 2.89. The van der Waals surface area contributed by atoms with E-state index >= 15 is 0 Å². The van der Waals surface area contributed by atoms with Gasteiger partial charge in [-0.05, 0) is 43.5 Å². The first-order valence-electron chi connectivity index (χ1n) is 7.81. The van der Waals surface area contributed by atoms with Crippen LogP contribution >= 0.6 is 15.9 Å². The van der Waals surface area contributed by atoms with Crippen molar-refractivity contribution in [3.05, 3.63) is 28.7 Å². The van der Waals surface area contributed by atoms with E-state index in [4.69, 9.17) is 4.74 Å². The first-order chi connectivity index (χ1) is 11.7. The predicted octanol–water partition coefficient (Wildman–Crippen LogP) is 3.47. The van der Waals surface area contributed by atoms with Crippen LogP contribution in [-0.2, 0) is 4.79 Å². The van der Waals surface area contributed by atoms with Crippen LogP contribution in [0.4, 0.5) is 13.2 Å². The number of benzene rings is 1. The Hall–Kier alpha value is -1.61. The Morgan fingerprint density at radius 1 is 1.36 bits per heavy atom. The van der Waals surface area contributed by atoms with E-state index < -0.39 is 30.3 Å². The number of amides is 1. The van der Waals surface area contributed by atoms with Crippen LogP contribution in [0.15, 0.2) is 33.8 Å². The highest BCUT2D eigenvalue weighted by Crippen LogP contribution is 2.48. The summed E-state index contributed by atoms with van der Waals surface area (Å²) in [5.74, 6) is -1.92. The van der Waals surface area contributed by atoms with Gasteiger partial charge in [-0.25, -0.2) is 0 Å². The number of fused-ring (bicyclic) bond motifs is 1. The first kappa shape index (κ1) is 18.2. The number of halogens is 4. The quantitative estimate of drug-likeness (QED) is 0.814. The second kappa shape index (κ2) is 6.60. The van der Waals surface area contributed by atoms with Crippen LogP contribution in [0.25, 0.3) is 0 Å². The van der Waals surface area contributed by atoms with E-state index in [0.29, 0.717) is 25.0 Å². The zero-order chi connectivity index (χ0) is 18.2. The molecule has 0 unspecified atom stereocenters. The van der Waals surface area contributed by atoms with Crippen LogP contribution in [-0.4, -0.2) is 40.2 Å². The van der Waals surface area contributed by atoms with Crippen molar-refractivity contribution in [2.45, 2.75) is 37.6 Å². The zero-order valence-electron chi connectivity index (χ0n) is 13.1. The van der Waals surface area contributed by atoms with E-state index in [2.05, 4.69) is 21.0 Å². The lowest BCUT2D eigenvalue weighted by Gasteiger charge is -2.38. The highest BCUT2D eigenvalue weighted by atomic mass is 79.9. The van der Waals surface area contributed by atoms with Crippen molar-refractivity contribution in [3.63, 3.8) is 0 Å². The Balaban J connectivity index is 1.79. The predicted molar refractivity (Wildman–Crippen MR) is 86.9 cm³/mol. The van der Waals surface area contributed by atoms with Crippen molar-refractivity contribution in [3.8, 4) is 5.75 Å². The van der Waals surface area contributed by atoms with Gasteiger partial charge >= 0.3 is 6.18 Å². The molecule has 1 aliphatic carbocycles. The first-order valence-corrected chi connectivity index (χ1v) is 8.60. The summed E-state index contributed by atoms with van der Waals surface area (Å²) >= 11 is 3.24. The topological polar surface area (TPSA) is 62.1 Å². The van der Waals surface area contributed by atoms with Gasteiger partial charge in [-0.3, -0.25) is 4.79 Å². The number of aliphatic hydroxyl groups is 1. The standard InChI is InChI=1S/C16H16BrF3N2O3/c17-10-5-7-11(8-6-10)25-9-14(23)22-15(24,16(18,19)20)12-3-1-2-4-13(12)21-22/h5-8,12,24H,1-4,9H2/t12-,15-/m0/s1. The molecule has 25 heavy (non-hydrogen) atoms. The second-order valence-corrected chi connectivity index (χ2v) is 6.98. The van der Waals surface area contributed by atoms with Gasteiger partial charge in [0.05, 0.1) is 5.92 Å². The normalized spacial score (nSPS) is 26.2. The maximum Gasteiger partial charge on any atom is 0.439 e. The van der Waals surface area contributed by atoms with Gasteiger partial charge in [-0.2, -0.15) is 23.3 Å². The number of hydrazone groups is 1. The minimum Gasteiger partial charge on any atom is -0.484 e. The van der Waals surface area contributed by atoms with E-state index in [9.17, 15) is 23.1 Å². The molecule has 1 heterocycles. The molecule has 1 aromatic rings. The molecule has 1 fully saturated rings. The van der Waals surface area contributed by atoms with Crippen LogP contribution in [0.5, 0.6) is 5.75 Å². The maximum absolute atomic E-state index is 13.6. The third-order valence-corrected chi connectivity index (χ3v) is 4.97. The molecule has 136 valence electrons. The largest absolute Gasteiger partial charge is 0.484 e. The summed E-state index contributed by atoms with van der Waals surface area (Å²) in [5, 5.41) is 14.4. The van der Waals surface area contributed by atoms with Gasteiger partial charge in [-0.15, -0.1) is 0 Å². The van der Waals surface area contributed by atoms with Gasteiger partial charge in [0.15, 0.2) is 6.61 Å². The van der Waals surface area contributed by atoms with E-state index in [-0.39, 0.29) is 17.1 Å². The van der Waals surface area contributed by atoms with Crippen LogP contribution < -0.4 is 4.74 Å². The SMILES string of the molecule is O=C(COc1ccc(Br)cc1)N1N=C2CCCC[C@@H]2[C@]1(O)C(F)(F)F. The van der Waals surface area contributed by atoms with E-state index in [1.165, 1.54) is 0 Å². The van der Waals surface area contributed by atoms with E-state index in [1.54, 1.807) is 24.3 Å². The number of rotatable bonds is 3. The van der Waals surface area contributed by atoms with Crippen molar-refractivity contribution in [1.29, 1.82) is 0 Å². The minimum atomic E-state index is -5.01. The Morgan fingerprint density at radius 2 is 2.04 bits per heavy atom. The molecular weight excluding hydrogens is 405 g/mol. The molecule has 1 saturated carbocycles. The summed E-state index contributed by atoms with van der Waals surface area (Å²) in [4.78, 5) is 12.3. The van der Waals surface area contributed by atoms with Crippen LogP contribution in [0.2, 0.25) is 0 Å². The van der Waals surface area contributed by atoms with E-state index in [0.717, 1.165) is 4.47 Å². The molecule has 0 bridgehead atoms. The number of carbonyl (C=O) groups excluding carboxylic acids is 1.